The van der Waals surface area contributed by atoms with Gasteiger partial charge in [0.15, 0.2) is 5.69 Å². The van der Waals surface area contributed by atoms with Crippen molar-refractivity contribution >= 4 is 29.2 Å². The fourth-order valence-corrected chi connectivity index (χ4v) is 1.86. The maximum atomic E-state index is 11.1. The molecule has 7 heteroatoms. The van der Waals surface area contributed by atoms with Crippen molar-refractivity contribution in [3.8, 4) is 0 Å². The van der Waals surface area contributed by atoms with E-state index in [1.54, 1.807) is 12.3 Å². The number of aromatic carboxylic acids is 1. The number of pyridine rings is 1. The monoisotopic (exact) mass is 268 g/mol. The molecule has 0 spiro atoms. The maximum Gasteiger partial charge on any atom is 0.356 e. The Morgan fingerprint density at radius 2 is 2.11 bits per heavy atom. The highest BCUT2D eigenvalue weighted by atomic mass is 35.5. The summed E-state index contributed by atoms with van der Waals surface area (Å²) in [6.07, 6.45) is 1.52. The number of imidazole rings is 1. The van der Waals surface area contributed by atoms with E-state index >= 15 is 0 Å². The van der Waals surface area contributed by atoms with E-state index in [2.05, 4.69) is 4.98 Å². The highest BCUT2D eigenvalue weighted by Crippen LogP contribution is 2.18. The number of halogens is 1. The normalized spacial score (nSPS) is 10.7. The van der Waals surface area contributed by atoms with Crippen LogP contribution in [-0.4, -0.2) is 31.5 Å². The number of aromatic nitrogens is 2. The molecule has 2 aromatic heterocycles. The number of aliphatic carboxylic acids is 1. The third-order valence-corrected chi connectivity index (χ3v) is 2.70. The van der Waals surface area contributed by atoms with E-state index in [0.29, 0.717) is 16.4 Å². The van der Waals surface area contributed by atoms with Crippen molar-refractivity contribution in [3.05, 3.63) is 34.7 Å². The van der Waals surface area contributed by atoms with Gasteiger partial charge in [0.2, 0.25) is 0 Å². The fraction of sp³-hybridized carbons (Fsp3) is 0.182. The summed E-state index contributed by atoms with van der Waals surface area (Å²) < 4.78 is 1.54. The largest absolute Gasteiger partial charge is 0.481 e. The summed E-state index contributed by atoms with van der Waals surface area (Å²) >= 11 is 5.79. The molecule has 2 rings (SSSR count). The first-order valence-electron chi connectivity index (χ1n) is 5.10. The van der Waals surface area contributed by atoms with Crippen LogP contribution in [0.1, 0.15) is 22.6 Å². The van der Waals surface area contributed by atoms with Gasteiger partial charge >= 0.3 is 11.9 Å². The third-order valence-electron chi connectivity index (χ3n) is 2.47. The maximum absolute atomic E-state index is 11.1. The molecule has 0 atom stereocenters. The molecule has 6 nitrogen and oxygen atoms in total. The first kappa shape index (κ1) is 12.4. The number of hydrogen-bond acceptors (Lipinski definition) is 3. The van der Waals surface area contributed by atoms with Crippen LogP contribution < -0.4 is 0 Å². The van der Waals surface area contributed by atoms with Gasteiger partial charge < -0.3 is 14.6 Å². The second kappa shape index (κ2) is 4.66. The van der Waals surface area contributed by atoms with Crippen molar-refractivity contribution in [1.29, 1.82) is 0 Å². The van der Waals surface area contributed by atoms with Crippen molar-refractivity contribution in [1.82, 2.24) is 9.38 Å². The minimum atomic E-state index is -1.18. The van der Waals surface area contributed by atoms with Gasteiger partial charge in [-0.05, 0) is 6.07 Å². The summed E-state index contributed by atoms with van der Waals surface area (Å²) in [5.41, 5.74) is 0.607. The summed E-state index contributed by atoms with van der Waals surface area (Å²) in [5, 5.41) is 18.1. The zero-order valence-corrected chi connectivity index (χ0v) is 9.89. The van der Waals surface area contributed by atoms with E-state index < -0.39 is 11.9 Å². The van der Waals surface area contributed by atoms with Crippen LogP contribution in [0.2, 0.25) is 5.02 Å². The van der Waals surface area contributed by atoms with E-state index in [1.165, 1.54) is 10.5 Å². The number of aryl methyl sites for hydroxylation is 1. The molecule has 94 valence electrons. The topological polar surface area (TPSA) is 91.9 Å². The zero-order valence-electron chi connectivity index (χ0n) is 9.13. The van der Waals surface area contributed by atoms with Crippen LogP contribution in [0.3, 0.4) is 0 Å². The Kier molecular flexibility index (Phi) is 3.20. The van der Waals surface area contributed by atoms with Gasteiger partial charge in [0.1, 0.15) is 5.65 Å². The van der Waals surface area contributed by atoms with Gasteiger partial charge in [-0.3, -0.25) is 4.79 Å². The Morgan fingerprint density at radius 1 is 1.39 bits per heavy atom. The molecule has 0 aliphatic carbocycles. The predicted molar refractivity (Wildman–Crippen MR) is 63.1 cm³/mol. The number of nitrogens with zero attached hydrogens (tertiary/aromatic N) is 2. The summed E-state index contributed by atoms with van der Waals surface area (Å²) in [6.45, 7) is 0. The quantitative estimate of drug-likeness (QED) is 0.880. The van der Waals surface area contributed by atoms with Crippen molar-refractivity contribution in [2.24, 2.45) is 0 Å². The van der Waals surface area contributed by atoms with Crippen LogP contribution in [0, 0.1) is 0 Å². The van der Waals surface area contributed by atoms with E-state index in [0.717, 1.165) is 0 Å². The van der Waals surface area contributed by atoms with Crippen LogP contribution >= 0.6 is 11.6 Å². The molecule has 0 unspecified atom stereocenters. The molecule has 2 N–H and O–H groups in total. The SMILES string of the molecule is O=C(O)CCc1c(C(=O)O)nc2cc(Cl)ccn12. The molecule has 0 saturated heterocycles. The summed E-state index contributed by atoms with van der Waals surface area (Å²) in [4.78, 5) is 25.6. The Hall–Kier alpha value is -2.08. The van der Waals surface area contributed by atoms with Gasteiger partial charge in [0, 0.05) is 23.7 Å². The van der Waals surface area contributed by atoms with Crippen LogP contribution in [0.15, 0.2) is 18.3 Å². The van der Waals surface area contributed by atoms with Gasteiger partial charge in [0.25, 0.3) is 0 Å². The van der Waals surface area contributed by atoms with Crippen molar-refractivity contribution in [3.63, 3.8) is 0 Å². The molecule has 2 heterocycles. The Balaban J connectivity index is 2.55. The lowest BCUT2D eigenvalue weighted by Crippen LogP contribution is -2.06. The Labute approximate surface area is 106 Å². The number of fused-ring (bicyclic) bond motifs is 1. The first-order chi connectivity index (χ1) is 8.49. The predicted octanol–water partition coefficient (Wildman–Crippen LogP) is 1.70. The zero-order chi connectivity index (χ0) is 13.3. The molecule has 0 aliphatic heterocycles. The molecule has 2 aromatic rings. The number of rotatable bonds is 4. The highest BCUT2D eigenvalue weighted by Gasteiger charge is 2.18. The van der Waals surface area contributed by atoms with Crippen LogP contribution in [0.5, 0.6) is 0 Å². The summed E-state index contributed by atoms with van der Waals surface area (Å²) in [5.74, 6) is -2.18. The average molecular weight is 269 g/mol. The van der Waals surface area contributed by atoms with E-state index in [9.17, 15) is 9.59 Å². The van der Waals surface area contributed by atoms with E-state index in [1.807, 2.05) is 0 Å². The lowest BCUT2D eigenvalue weighted by Gasteiger charge is -2.01. The van der Waals surface area contributed by atoms with Gasteiger partial charge in [-0.15, -0.1) is 0 Å². The Morgan fingerprint density at radius 3 is 2.72 bits per heavy atom. The number of carboxylic acid groups (broad SMARTS) is 2. The second-order valence-electron chi connectivity index (χ2n) is 3.68. The van der Waals surface area contributed by atoms with Gasteiger partial charge in [-0.2, -0.15) is 0 Å². The van der Waals surface area contributed by atoms with E-state index in [-0.39, 0.29) is 18.5 Å². The number of carbonyl (C=O) groups is 2. The second-order valence-corrected chi connectivity index (χ2v) is 4.12. The molecule has 0 fully saturated rings. The van der Waals surface area contributed by atoms with Crippen LogP contribution in [0.25, 0.3) is 5.65 Å². The van der Waals surface area contributed by atoms with Gasteiger partial charge in [-0.1, -0.05) is 11.6 Å². The van der Waals surface area contributed by atoms with Gasteiger partial charge in [0.05, 0.1) is 12.1 Å². The molecule has 0 amide bonds. The summed E-state index contributed by atoms with van der Waals surface area (Å²) in [6, 6.07) is 3.12. The number of carboxylic acids is 2. The lowest BCUT2D eigenvalue weighted by molar-refractivity contribution is -0.137. The highest BCUT2D eigenvalue weighted by molar-refractivity contribution is 6.30. The molecule has 0 aromatic carbocycles. The molecular formula is C11H9ClN2O4. The lowest BCUT2D eigenvalue weighted by atomic mass is 10.2. The minimum absolute atomic E-state index is 0.0970. The van der Waals surface area contributed by atoms with Gasteiger partial charge in [-0.25, -0.2) is 9.78 Å². The van der Waals surface area contributed by atoms with E-state index in [4.69, 9.17) is 21.8 Å². The minimum Gasteiger partial charge on any atom is -0.481 e. The molecule has 0 aliphatic rings. The fourth-order valence-electron chi connectivity index (χ4n) is 1.71. The molecule has 0 saturated carbocycles. The van der Waals surface area contributed by atoms with Crippen LogP contribution in [0.4, 0.5) is 0 Å². The standard InChI is InChI=1S/C11H9ClN2O4/c12-6-3-4-14-7(1-2-9(15)16)10(11(17)18)13-8(14)5-6/h3-5H,1-2H2,(H,15,16)(H,17,18). The number of hydrogen-bond donors (Lipinski definition) is 2. The van der Waals surface area contributed by atoms with Crippen LogP contribution in [-0.2, 0) is 11.2 Å². The molecular weight excluding hydrogens is 260 g/mol. The van der Waals surface area contributed by atoms with Crippen molar-refractivity contribution < 1.29 is 19.8 Å². The molecule has 18 heavy (non-hydrogen) atoms. The Bertz CT molecular complexity index is 635. The molecule has 0 radical (unpaired) electrons. The first-order valence-corrected chi connectivity index (χ1v) is 5.48. The van der Waals surface area contributed by atoms with Crippen molar-refractivity contribution in [2.75, 3.05) is 0 Å². The van der Waals surface area contributed by atoms with Crippen molar-refractivity contribution in [2.45, 2.75) is 12.8 Å². The summed E-state index contributed by atoms with van der Waals surface area (Å²) in [7, 11) is 0. The third kappa shape index (κ3) is 2.28. The average Bonchev–Trinajstić information content (AvgIpc) is 2.64. The molecule has 0 bridgehead atoms. The smallest absolute Gasteiger partial charge is 0.356 e.